The van der Waals surface area contributed by atoms with Gasteiger partial charge in [-0.3, -0.25) is 0 Å². The van der Waals surface area contributed by atoms with Gasteiger partial charge in [-0.15, -0.1) is 0 Å². The summed E-state index contributed by atoms with van der Waals surface area (Å²) in [6.45, 7) is 0. The predicted molar refractivity (Wildman–Crippen MR) is 85.7 cm³/mol. The second-order valence-electron chi connectivity index (χ2n) is 4.71. The van der Waals surface area contributed by atoms with E-state index in [0.717, 1.165) is 32.2 Å². The van der Waals surface area contributed by atoms with Crippen LogP contribution in [0.1, 0.15) is 24.6 Å². The van der Waals surface area contributed by atoms with Crippen molar-refractivity contribution >= 4 is 43.4 Å². The zero-order valence-corrected chi connectivity index (χ0v) is 14.0. The zero-order valence-electron chi connectivity index (χ0n) is 10.9. The Bertz CT molecular complexity index is 644. The van der Waals surface area contributed by atoms with Gasteiger partial charge in [-0.05, 0) is 40.9 Å². The summed E-state index contributed by atoms with van der Waals surface area (Å²) in [6, 6.07) is 7.70. The van der Waals surface area contributed by atoms with Crippen LogP contribution in [0.4, 0.5) is 11.5 Å². The molecule has 1 N–H and O–H groups in total. The van der Waals surface area contributed by atoms with Crippen LogP contribution in [0.5, 0.6) is 5.75 Å². The number of methoxy groups -OCH3 is 1. The fraction of sp³-hybridized carbons (Fsp3) is 0.286. The van der Waals surface area contributed by atoms with Crippen LogP contribution in [0.2, 0.25) is 0 Å². The standard InChI is InChI=1S/C14H13Br2N3O/c1-20-11-5-9(15)4-10(6-11)17-13-7-12(16)18-14(19-13)8-2-3-8/h4-8H,2-3H2,1H3,(H,17,18,19). The minimum atomic E-state index is 0.519. The highest BCUT2D eigenvalue weighted by molar-refractivity contribution is 9.10. The quantitative estimate of drug-likeness (QED) is 0.762. The fourth-order valence-corrected chi connectivity index (χ4v) is 2.79. The van der Waals surface area contributed by atoms with Crippen LogP contribution in [-0.4, -0.2) is 17.1 Å². The molecule has 104 valence electrons. The first-order valence-electron chi connectivity index (χ1n) is 6.30. The first kappa shape index (κ1) is 13.8. The molecule has 1 aromatic heterocycles. The van der Waals surface area contributed by atoms with E-state index in [1.54, 1.807) is 7.11 Å². The van der Waals surface area contributed by atoms with E-state index in [0.29, 0.717) is 5.92 Å². The highest BCUT2D eigenvalue weighted by Crippen LogP contribution is 2.39. The van der Waals surface area contributed by atoms with E-state index in [9.17, 15) is 0 Å². The molecule has 0 unspecified atom stereocenters. The van der Waals surface area contributed by atoms with Gasteiger partial charge in [-0.2, -0.15) is 0 Å². The van der Waals surface area contributed by atoms with Crippen molar-refractivity contribution in [2.75, 3.05) is 12.4 Å². The van der Waals surface area contributed by atoms with Crippen LogP contribution >= 0.6 is 31.9 Å². The van der Waals surface area contributed by atoms with Crippen molar-refractivity contribution in [2.45, 2.75) is 18.8 Å². The first-order valence-corrected chi connectivity index (χ1v) is 7.89. The minimum absolute atomic E-state index is 0.519. The minimum Gasteiger partial charge on any atom is -0.497 e. The van der Waals surface area contributed by atoms with E-state index in [2.05, 4.69) is 47.1 Å². The second-order valence-corrected chi connectivity index (χ2v) is 6.44. The van der Waals surface area contributed by atoms with Gasteiger partial charge >= 0.3 is 0 Å². The molecular weight excluding hydrogens is 386 g/mol. The molecule has 1 aromatic carbocycles. The molecule has 20 heavy (non-hydrogen) atoms. The number of benzene rings is 1. The van der Waals surface area contributed by atoms with Crippen molar-refractivity contribution in [1.82, 2.24) is 9.97 Å². The normalized spacial score (nSPS) is 14.2. The number of hydrogen-bond donors (Lipinski definition) is 1. The van der Waals surface area contributed by atoms with Crippen LogP contribution < -0.4 is 10.1 Å². The number of hydrogen-bond acceptors (Lipinski definition) is 4. The van der Waals surface area contributed by atoms with Crippen LogP contribution in [0, 0.1) is 0 Å². The van der Waals surface area contributed by atoms with Gasteiger partial charge < -0.3 is 10.1 Å². The van der Waals surface area contributed by atoms with Gasteiger partial charge in [0.05, 0.1) is 7.11 Å². The summed E-state index contributed by atoms with van der Waals surface area (Å²) in [5, 5.41) is 3.29. The third kappa shape index (κ3) is 3.30. The molecule has 0 aliphatic heterocycles. The lowest BCUT2D eigenvalue weighted by Crippen LogP contribution is -2.00. The molecule has 0 bridgehead atoms. The Morgan fingerprint density at radius 1 is 1.15 bits per heavy atom. The summed E-state index contributed by atoms with van der Waals surface area (Å²) >= 11 is 6.91. The summed E-state index contributed by atoms with van der Waals surface area (Å²) < 4.78 is 7.02. The van der Waals surface area contributed by atoms with Gasteiger partial charge in [0.25, 0.3) is 0 Å². The Balaban J connectivity index is 1.88. The van der Waals surface area contributed by atoms with Gasteiger partial charge in [0.2, 0.25) is 0 Å². The summed E-state index contributed by atoms with van der Waals surface area (Å²) in [5.41, 5.74) is 0.920. The number of anilines is 2. The molecule has 0 saturated heterocycles. The maximum atomic E-state index is 5.26. The highest BCUT2D eigenvalue weighted by Gasteiger charge is 2.27. The Morgan fingerprint density at radius 3 is 2.65 bits per heavy atom. The Kier molecular flexibility index (Phi) is 3.94. The van der Waals surface area contributed by atoms with Gasteiger partial charge in [0.15, 0.2) is 0 Å². The lowest BCUT2D eigenvalue weighted by atomic mass is 10.3. The van der Waals surface area contributed by atoms with Gasteiger partial charge in [0, 0.05) is 28.2 Å². The predicted octanol–water partition coefficient (Wildman–Crippen LogP) is 4.63. The molecule has 0 amide bonds. The zero-order chi connectivity index (χ0) is 14.1. The topological polar surface area (TPSA) is 47.0 Å². The SMILES string of the molecule is COc1cc(Br)cc(Nc2cc(Br)nc(C3CC3)n2)c1. The van der Waals surface area contributed by atoms with Crippen molar-refractivity contribution in [3.05, 3.63) is 39.2 Å². The van der Waals surface area contributed by atoms with Crippen molar-refractivity contribution < 1.29 is 4.74 Å². The number of nitrogens with zero attached hydrogens (tertiary/aromatic N) is 2. The number of ether oxygens (including phenoxy) is 1. The average Bonchev–Trinajstić information content (AvgIpc) is 3.21. The van der Waals surface area contributed by atoms with Gasteiger partial charge in [0.1, 0.15) is 22.0 Å². The highest BCUT2D eigenvalue weighted by atomic mass is 79.9. The lowest BCUT2D eigenvalue weighted by Gasteiger charge is -2.10. The molecule has 0 spiro atoms. The molecule has 0 radical (unpaired) electrons. The van der Waals surface area contributed by atoms with Crippen LogP contribution in [-0.2, 0) is 0 Å². The van der Waals surface area contributed by atoms with Crippen LogP contribution in [0.3, 0.4) is 0 Å². The summed E-state index contributed by atoms with van der Waals surface area (Å²) in [5.74, 6) is 3.00. The second kappa shape index (κ2) is 5.69. The van der Waals surface area contributed by atoms with E-state index in [-0.39, 0.29) is 0 Å². The average molecular weight is 399 g/mol. The molecule has 3 rings (SSSR count). The molecule has 1 heterocycles. The van der Waals surface area contributed by atoms with E-state index >= 15 is 0 Å². The third-order valence-electron chi connectivity index (χ3n) is 3.03. The molecule has 0 atom stereocenters. The monoisotopic (exact) mass is 397 g/mol. The number of rotatable bonds is 4. The van der Waals surface area contributed by atoms with Crippen molar-refractivity contribution in [3.8, 4) is 5.75 Å². The molecule has 2 aromatic rings. The van der Waals surface area contributed by atoms with E-state index < -0.39 is 0 Å². The molecule has 4 nitrogen and oxygen atoms in total. The number of halogens is 2. The third-order valence-corrected chi connectivity index (χ3v) is 3.90. The van der Waals surface area contributed by atoms with Crippen molar-refractivity contribution in [3.63, 3.8) is 0 Å². The summed E-state index contributed by atoms with van der Waals surface area (Å²) in [7, 11) is 1.65. The Labute approximate surface area is 134 Å². The molecule has 1 fully saturated rings. The van der Waals surface area contributed by atoms with E-state index in [1.807, 2.05) is 24.3 Å². The van der Waals surface area contributed by atoms with E-state index in [4.69, 9.17) is 4.74 Å². The fourth-order valence-electron chi connectivity index (χ4n) is 1.92. The number of aromatic nitrogens is 2. The molecular formula is C14H13Br2N3O. The van der Waals surface area contributed by atoms with Gasteiger partial charge in [-0.1, -0.05) is 15.9 Å². The molecule has 1 saturated carbocycles. The van der Waals surface area contributed by atoms with Crippen molar-refractivity contribution in [1.29, 1.82) is 0 Å². The van der Waals surface area contributed by atoms with Crippen LogP contribution in [0.15, 0.2) is 33.3 Å². The van der Waals surface area contributed by atoms with E-state index in [1.165, 1.54) is 12.8 Å². The molecule has 1 aliphatic carbocycles. The van der Waals surface area contributed by atoms with Crippen LogP contribution in [0.25, 0.3) is 0 Å². The maximum absolute atomic E-state index is 5.26. The maximum Gasteiger partial charge on any atom is 0.135 e. The molecule has 6 heteroatoms. The lowest BCUT2D eigenvalue weighted by molar-refractivity contribution is 0.415. The smallest absolute Gasteiger partial charge is 0.135 e. The largest absolute Gasteiger partial charge is 0.497 e. The summed E-state index contributed by atoms with van der Waals surface area (Å²) in [4.78, 5) is 8.99. The summed E-state index contributed by atoms with van der Waals surface area (Å²) in [6.07, 6.45) is 2.36. The first-order chi connectivity index (χ1) is 9.64. The number of nitrogens with one attached hydrogen (secondary N) is 1. The van der Waals surface area contributed by atoms with Gasteiger partial charge in [-0.25, -0.2) is 9.97 Å². The molecule has 1 aliphatic rings. The van der Waals surface area contributed by atoms with Crippen molar-refractivity contribution in [2.24, 2.45) is 0 Å². The Hall–Kier alpha value is -1.14. The Morgan fingerprint density at radius 2 is 1.95 bits per heavy atom.